The zero-order valence-electron chi connectivity index (χ0n) is 11.6. The van der Waals surface area contributed by atoms with E-state index in [-0.39, 0.29) is 0 Å². The molecule has 0 aliphatic heterocycles. The highest BCUT2D eigenvalue weighted by molar-refractivity contribution is 7.99. The van der Waals surface area contributed by atoms with Crippen molar-refractivity contribution in [2.45, 2.75) is 38.9 Å². The van der Waals surface area contributed by atoms with E-state index in [2.05, 4.69) is 22.0 Å². The van der Waals surface area contributed by atoms with E-state index < -0.39 is 0 Å². The zero-order valence-corrected chi connectivity index (χ0v) is 12.4. The summed E-state index contributed by atoms with van der Waals surface area (Å²) < 4.78 is 1.86. The Morgan fingerprint density at radius 2 is 1.89 bits per heavy atom. The van der Waals surface area contributed by atoms with Gasteiger partial charge < -0.3 is 5.73 Å². The minimum atomic E-state index is 0.570. The molecular formula is C13H19N5S. The van der Waals surface area contributed by atoms with Gasteiger partial charge in [0.05, 0.1) is 0 Å². The van der Waals surface area contributed by atoms with Gasteiger partial charge in [0.1, 0.15) is 5.82 Å². The van der Waals surface area contributed by atoms with Crippen LogP contribution in [0.5, 0.6) is 0 Å². The fourth-order valence-electron chi connectivity index (χ4n) is 1.70. The summed E-state index contributed by atoms with van der Waals surface area (Å²) in [5.41, 5.74) is 8.87. The number of hydrogen-bond donors (Lipinski definition) is 1. The highest BCUT2D eigenvalue weighted by Gasteiger charge is 2.05. The Balaban J connectivity index is 1.83. The van der Waals surface area contributed by atoms with E-state index in [9.17, 15) is 0 Å². The number of anilines is 1. The Morgan fingerprint density at radius 3 is 2.47 bits per heavy atom. The quantitative estimate of drug-likeness (QED) is 0.516. The summed E-state index contributed by atoms with van der Waals surface area (Å²) in [7, 11) is 0. The third kappa shape index (κ3) is 3.70. The maximum Gasteiger partial charge on any atom is 0.187 e. The maximum atomic E-state index is 5.56. The molecule has 5 nitrogen and oxygen atoms in total. The highest BCUT2D eigenvalue weighted by Crippen LogP contribution is 2.18. The van der Waals surface area contributed by atoms with Crippen molar-refractivity contribution in [3.05, 3.63) is 29.2 Å². The largest absolute Gasteiger partial charge is 0.382 e. The Labute approximate surface area is 117 Å². The summed E-state index contributed by atoms with van der Waals surface area (Å²) >= 11 is 1.69. The average Bonchev–Trinajstić information content (AvgIpc) is 2.77. The molecule has 2 aromatic rings. The lowest BCUT2D eigenvalue weighted by Gasteiger charge is -2.06. The van der Waals surface area contributed by atoms with Crippen molar-refractivity contribution in [2.75, 3.05) is 11.5 Å². The van der Waals surface area contributed by atoms with Gasteiger partial charge in [-0.15, -0.1) is 0 Å². The molecule has 2 heterocycles. The van der Waals surface area contributed by atoms with E-state index in [1.165, 1.54) is 5.56 Å². The van der Waals surface area contributed by atoms with Crippen LogP contribution in [0.2, 0.25) is 0 Å². The molecule has 2 N–H and O–H groups in total. The normalized spacial score (nSPS) is 10.9. The standard InChI is InChI=1S/C13H19N5S/c1-9-10(2)15-13(16-11(9)3)19-8-4-6-18-7-5-12(14)17-18/h5,7H,4,6,8H2,1-3H3,(H2,14,17). The number of rotatable bonds is 5. The first-order chi connectivity index (χ1) is 9.06. The molecule has 0 fully saturated rings. The molecule has 0 atom stereocenters. The Kier molecular flexibility index (Phi) is 4.42. The van der Waals surface area contributed by atoms with Crippen LogP contribution in [0.1, 0.15) is 23.4 Å². The van der Waals surface area contributed by atoms with Crippen LogP contribution in [-0.4, -0.2) is 25.5 Å². The summed E-state index contributed by atoms with van der Waals surface area (Å²) in [5.74, 6) is 1.54. The second-order valence-electron chi connectivity index (χ2n) is 4.51. The molecule has 19 heavy (non-hydrogen) atoms. The third-order valence-corrected chi connectivity index (χ3v) is 3.97. The van der Waals surface area contributed by atoms with Gasteiger partial charge in [0.15, 0.2) is 5.16 Å². The molecule has 0 aliphatic rings. The number of aryl methyl sites for hydroxylation is 3. The fourth-order valence-corrected chi connectivity index (χ4v) is 2.56. The van der Waals surface area contributed by atoms with Crippen molar-refractivity contribution < 1.29 is 0 Å². The molecule has 0 radical (unpaired) electrons. The van der Waals surface area contributed by atoms with Gasteiger partial charge in [-0.1, -0.05) is 11.8 Å². The molecule has 0 bridgehead atoms. The number of thioether (sulfide) groups is 1. The van der Waals surface area contributed by atoms with E-state index in [0.717, 1.165) is 35.3 Å². The summed E-state index contributed by atoms with van der Waals surface area (Å²) in [6, 6.07) is 1.81. The molecular weight excluding hydrogens is 258 g/mol. The third-order valence-electron chi connectivity index (χ3n) is 3.04. The molecule has 0 amide bonds. The monoisotopic (exact) mass is 277 g/mol. The van der Waals surface area contributed by atoms with Gasteiger partial charge in [0.25, 0.3) is 0 Å². The Hall–Kier alpha value is -1.56. The van der Waals surface area contributed by atoms with Gasteiger partial charge in [0, 0.05) is 29.9 Å². The number of nitrogens with two attached hydrogens (primary N) is 1. The van der Waals surface area contributed by atoms with Crippen molar-refractivity contribution in [1.29, 1.82) is 0 Å². The fraction of sp³-hybridized carbons (Fsp3) is 0.462. The number of nitrogen functional groups attached to an aromatic ring is 1. The topological polar surface area (TPSA) is 69.6 Å². The van der Waals surface area contributed by atoms with Crippen LogP contribution in [-0.2, 0) is 6.54 Å². The second-order valence-corrected chi connectivity index (χ2v) is 5.57. The lowest BCUT2D eigenvalue weighted by atomic mass is 10.2. The predicted octanol–water partition coefficient (Wildman–Crippen LogP) is 2.36. The van der Waals surface area contributed by atoms with Gasteiger partial charge >= 0.3 is 0 Å². The second kappa shape index (κ2) is 6.06. The van der Waals surface area contributed by atoms with Crippen LogP contribution in [0.15, 0.2) is 17.4 Å². The van der Waals surface area contributed by atoms with Crippen LogP contribution in [0.3, 0.4) is 0 Å². The average molecular weight is 277 g/mol. The lowest BCUT2D eigenvalue weighted by molar-refractivity contribution is 0.608. The number of hydrogen-bond acceptors (Lipinski definition) is 5. The minimum absolute atomic E-state index is 0.570. The first kappa shape index (κ1) is 13.9. The molecule has 0 aliphatic carbocycles. The van der Waals surface area contributed by atoms with E-state index >= 15 is 0 Å². The van der Waals surface area contributed by atoms with Crippen molar-refractivity contribution >= 4 is 17.6 Å². The van der Waals surface area contributed by atoms with E-state index in [1.54, 1.807) is 11.8 Å². The minimum Gasteiger partial charge on any atom is -0.382 e. The summed E-state index contributed by atoms with van der Waals surface area (Å²) in [5, 5.41) is 5.01. The van der Waals surface area contributed by atoms with Gasteiger partial charge in [-0.3, -0.25) is 4.68 Å². The number of aromatic nitrogens is 4. The molecule has 2 aromatic heterocycles. The summed E-state index contributed by atoms with van der Waals surface area (Å²) in [6.45, 7) is 6.98. The van der Waals surface area contributed by atoms with Crippen molar-refractivity contribution in [3.63, 3.8) is 0 Å². The Morgan fingerprint density at radius 1 is 1.21 bits per heavy atom. The molecule has 0 saturated heterocycles. The molecule has 0 aromatic carbocycles. The van der Waals surface area contributed by atoms with E-state index in [1.807, 2.05) is 30.8 Å². The smallest absolute Gasteiger partial charge is 0.187 e. The van der Waals surface area contributed by atoms with E-state index in [4.69, 9.17) is 5.73 Å². The molecule has 6 heteroatoms. The summed E-state index contributed by atoms with van der Waals surface area (Å²) in [4.78, 5) is 8.98. The lowest BCUT2D eigenvalue weighted by Crippen LogP contribution is -2.02. The van der Waals surface area contributed by atoms with Gasteiger partial charge in [-0.05, 0) is 38.8 Å². The molecule has 102 valence electrons. The van der Waals surface area contributed by atoms with Crippen LogP contribution < -0.4 is 5.73 Å². The van der Waals surface area contributed by atoms with Crippen LogP contribution in [0, 0.1) is 20.8 Å². The van der Waals surface area contributed by atoms with Gasteiger partial charge in [-0.2, -0.15) is 5.10 Å². The molecule has 0 saturated carbocycles. The highest BCUT2D eigenvalue weighted by atomic mass is 32.2. The molecule has 0 unspecified atom stereocenters. The first-order valence-electron chi connectivity index (χ1n) is 6.30. The first-order valence-corrected chi connectivity index (χ1v) is 7.28. The summed E-state index contributed by atoms with van der Waals surface area (Å²) in [6.07, 6.45) is 2.91. The van der Waals surface area contributed by atoms with Crippen LogP contribution in [0.4, 0.5) is 5.82 Å². The van der Waals surface area contributed by atoms with Crippen LogP contribution >= 0.6 is 11.8 Å². The Bertz CT molecular complexity index is 541. The molecule has 0 spiro atoms. The number of nitrogens with zero attached hydrogens (tertiary/aromatic N) is 4. The van der Waals surface area contributed by atoms with E-state index in [0.29, 0.717) is 5.82 Å². The van der Waals surface area contributed by atoms with Crippen LogP contribution in [0.25, 0.3) is 0 Å². The van der Waals surface area contributed by atoms with Crippen molar-refractivity contribution in [1.82, 2.24) is 19.7 Å². The zero-order chi connectivity index (χ0) is 13.8. The molecule has 2 rings (SSSR count). The maximum absolute atomic E-state index is 5.56. The van der Waals surface area contributed by atoms with Gasteiger partial charge in [-0.25, -0.2) is 9.97 Å². The van der Waals surface area contributed by atoms with Crippen molar-refractivity contribution in [3.8, 4) is 0 Å². The predicted molar refractivity (Wildman–Crippen MR) is 78.2 cm³/mol. The van der Waals surface area contributed by atoms with Crippen molar-refractivity contribution in [2.24, 2.45) is 0 Å². The van der Waals surface area contributed by atoms with Gasteiger partial charge in [0.2, 0.25) is 0 Å². The SMILES string of the molecule is Cc1nc(SCCCn2ccc(N)n2)nc(C)c1C.